The lowest BCUT2D eigenvalue weighted by atomic mass is 9.98. The summed E-state index contributed by atoms with van der Waals surface area (Å²) in [7, 11) is 0. The lowest BCUT2D eigenvalue weighted by Crippen LogP contribution is -2.60. The average molecular weight is 922 g/mol. The Morgan fingerprint density at radius 3 is 1.46 bits per heavy atom. The fourth-order valence-corrected chi connectivity index (χ4v) is 8.30. The van der Waals surface area contributed by atoms with Crippen LogP contribution in [-0.2, 0) is 14.3 Å². The topological polar surface area (TPSA) is 189 Å². The van der Waals surface area contributed by atoms with Crippen LogP contribution in [0.25, 0.3) is 0 Å². The standard InChI is InChI=1S/C54H99NO10/c1-3-5-7-9-11-13-15-17-18-19-20-21-22-23-24-25-26-27-28-29-30-32-34-36-38-40-42-47(58)53(63)55-45(44-64-54-52(62)51(61)50(60)48(43-56)65-54)49(59)46(57)41-39-37-35-33-31-16-14-12-10-8-6-4-2/h4,6,12,14,23-24,33,35,45-52,54,56-62H,3,5,7-11,13,15-22,25-32,34,36-44H2,1-2H3,(H,55,63)/b6-4+,14-12+,24-23-,35-33+. The first-order valence-corrected chi connectivity index (χ1v) is 26.5. The highest BCUT2D eigenvalue weighted by atomic mass is 16.7. The van der Waals surface area contributed by atoms with Gasteiger partial charge in [-0.25, -0.2) is 0 Å². The van der Waals surface area contributed by atoms with Crippen molar-refractivity contribution in [3.8, 4) is 0 Å². The van der Waals surface area contributed by atoms with Crippen LogP contribution in [-0.4, -0.2) is 110 Å². The van der Waals surface area contributed by atoms with Crippen LogP contribution in [0.15, 0.2) is 48.6 Å². The van der Waals surface area contributed by atoms with Gasteiger partial charge in [-0.05, 0) is 84.0 Å². The van der Waals surface area contributed by atoms with Gasteiger partial charge in [-0.1, -0.05) is 184 Å². The number of allylic oxidation sites excluding steroid dienone is 8. The van der Waals surface area contributed by atoms with E-state index in [9.17, 15) is 40.5 Å². The van der Waals surface area contributed by atoms with Gasteiger partial charge in [0.25, 0.3) is 0 Å². The first-order chi connectivity index (χ1) is 31.7. The Morgan fingerprint density at radius 1 is 0.554 bits per heavy atom. The van der Waals surface area contributed by atoms with Crippen molar-refractivity contribution in [1.29, 1.82) is 0 Å². The Bertz CT molecular complexity index is 1190. The monoisotopic (exact) mass is 922 g/mol. The second-order valence-corrected chi connectivity index (χ2v) is 18.6. The van der Waals surface area contributed by atoms with Crippen LogP contribution in [0, 0.1) is 0 Å². The number of aliphatic hydroxyl groups is 7. The lowest BCUT2D eigenvalue weighted by Gasteiger charge is -2.40. The van der Waals surface area contributed by atoms with Crippen molar-refractivity contribution in [2.24, 2.45) is 0 Å². The minimum absolute atomic E-state index is 0.239. The van der Waals surface area contributed by atoms with Gasteiger partial charge in [-0.2, -0.15) is 0 Å². The van der Waals surface area contributed by atoms with Crippen molar-refractivity contribution in [1.82, 2.24) is 5.32 Å². The number of carbonyl (C=O) groups excluding carboxylic acids is 1. The van der Waals surface area contributed by atoms with E-state index >= 15 is 0 Å². The highest BCUT2D eigenvalue weighted by Gasteiger charge is 2.44. The molecule has 0 bridgehead atoms. The molecule has 0 saturated carbocycles. The van der Waals surface area contributed by atoms with E-state index in [0.29, 0.717) is 19.3 Å². The highest BCUT2D eigenvalue weighted by Crippen LogP contribution is 2.23. The highest BCUT2D eigenvalue weighted by molar-refractivity contribution is 5.80. The number of hydrogen-bond donors (Lipinski definition) is 8. The number of nitrogens with one attached hydrogen (secondary N) is 1. The van der Waals surface area contributed by atoms with Crippen molar-refractivity contribution < 1.29 is 50.0 Å². The van der Waals surface area contributed by atoms with Crippen molar-refractivity contribution in [3.63, 3.8) is 0 Å². The molecule has 0 aromatic carbocycles. The number of aliphatic hydroxyl groups excluding tert-OH is 7. The van der Waals surface area contributed by atoms with Gasteiger partial charge in [0.1, 0.15) is 36.6 Å². The van der Waals surface area contributed by atoms with E-state index in [1.54, 1.807) is 0 Å². The van der Waals surface area contributed by atoms with E-state index in [1.807, 2.05) is 13.0 Å². The lowest BCUT2D eigenvalue weighted by molar-refractivity contribution is -0.303. The van der Waals surface area contributed by atoms with E-state index in [1.165, 1.54) is 128 Å². The van der Waals surface area contributed by atoms with Crippen molar-refractivity contribution in [2.45, 2.75) is 274 Å². The molecule has 1 aliphatic rings. The molecule has 8 N–H and O–H groups in total. The summed E-state index contributed by atoms with van der Waals surface area (Å²) < 4.78 is 11.1. The maximum absolute atomic E-state index is 13.1. The number of unbranched alkanes of at least 4 members (excludes halogenated alkanes) is 25. The molecule has 1 fully saturated rings. The predicted molar refractivity (Wildman–Crippen MR) is 265 cm³/mol. The molecular formula is C54H99NO10. The van der Waals surface area contributed by atoms with Crippen molar-refractivity contribution in [2.75, 3.05) is 13.2 Å². The molecule has 65 heavy (non-hydrogen) atoms. The van der Waals surface area contributed by atoms with E-state index in [4.69, 9.17) is 9.47 Å². The molecule has 1 amide bonds. The molecule has 0 aromatic rings. The summed E-state index contributed by atoms with van der Waals surface area (Å²) in [5.74, 6) is -0.715. The summed E-state index contributed by atoms with van der Waals surface area (Å²) in [6.07, 6.45) is 41.9. The first-order valence-electron chi connectivity index (χ1n) is 26.5. The van der Waals surface area contributed by atoms with E-state index in [2.05, 4.69) is 54.8 Å². The van der Waals surface area contributed by atoms with Gasteiger partial charge in [-0.3, -0.25) is 4.79 Å². The number of rotatable bonds is 44. The van der Waals surface area contributed by atoms with Crippen molar-refractivity contribution in [3.05, 3.63) is 48.6 Å². The molecule has 0 spiro atoms. The first kappa shape index (κ1) is 61.1. The summed E-state index contributed by atoms with van der Waals surface area (Å²) in [4.78, 5) is 13.1. The van der Waals surface area contributed by atoms with Crippen LogP contribution >= 0.6 is 0 Å². The number of carbonyl (C=O) groups is 1. The Hall–Kier alpha value is -1.93. The van der Waals surface area contributed by atoms with Gasteiger partial charge in [0.15, 0.2) is 6.29 Å². The van der Waals surface area contributed by atoms with Gasteiger partial charge in [0, 0.05) is 0 Å². The van der Waals surface area contributed by atoms with Crippen LogP contribution in [0.3, 0.4) is 0 Å². The molecule has 9 unspecified atom stereocenters. The molecule has 0 aromatic heterocycles. The predicted octanol–water partition coefficient (Wildman–Crippen LogP) is 10.1. The smallest absolute Gasteiger partial charge is 0.249 e. The normalized spacial score (nSPS) is 21.3. The van der Waals surface area contributed by atoms with Gasteiger partial charge in [0.2, 0.25) is 5.91 Å². The average Bonchev–Trinajstić information content (AvgIpc) is 3.31. The fraction of sp³-hybridized carbons (Fsp3) is 0.833. The number of hydrogen-bond acceptors (Lipinski definition) is 10. The van der Waals surface area contributed by atoms with Crippen LogP contribution in [0.5, 0.6) is 0 Å². The number of ether oxygens (including phenoxy) is 2. The van der Waals surface area contributed by atoms with Gasteiger partial charge in [0.05, 0.1) is 25.4 Å². The second kappa shape index (κ2) is 43.4. The van der Waals surface area contributed by atoms with E-state index in [-0.39, 0.29) is 12.8 Å². The van der Waals surface area contributed by atoms with Crippen LogP contribution < -0.4 is 5.32 Å². The van der Waals surface area contributed by atoms with E-state index in [0.717, 1.165) is 44.9 Å². The van der Waals surface area contributed by atoms with Crippen molar-refractivity contribution >= 4 is 5.91 Å². The largest absolute Gasteiger partial charge is 0.394 e. The molecule has 0 radical (unpaired) electrons. The zero-order chi connectivity index (χ0) is 47.6. The fourth-order valence-electron chi connectivity index (χ4n) is 8.30. The Labute approximate surface area is 396 Å². The second-order valence-electron chi connectivity index (χ2n) is 18.6. The maximum atomic E-state index is 13.1. The molecule has 380 valence electrons. The SMILES string of the molecule is C/C=C/CC/C=C/CC/C=C/CCCC(O)C(O)C(COC1OC(CO)C(O)C(O)C1O)NC(=O)C(O)CCCCCCCCCCCC/C=C\CCCCCCCCCCCCCC. The minimum Gasteiger partial charge on any atom is -0.394 e. The third kappa shape index (κ3) is 32.5. The third-order valence-corrected chi connectivity index (χ3v) is 12.7. The van der Waals surface area contributed by atoms with E-state index < -0.39 is 74.2 Å². The quantitative estimate of drug-likeness (QED) is 0.0216. The molecule has 11 nitrogen and oxygen atoms in total. The molecular weight excluding hydrogens is 823 g/mol. The molecule has 1 heterocycles. The summed E-state index contributed by atoms with van der Waals surface area (Å²) in [5.41, 5.74) is 0. The van der Waals surface area contributed by atoms with Crippen LogP contribution in [0.4, 0.5) is 0 Å². The molecule has 1 aliphatic heterocycles. The Kier molecular flexibility index (Phi) is 40.7. The summed E-state index contributed by atoms with van der Waals surface area (Å²) in [6.45, 7) is 3.21. The minimum atomic E-state index is -1.67. The molecule has 9 atom stereocenters. The summed E-state index contributed by atoms with van der Waals surface area (Å²) >= 11 is 0. The van der Waals surface area contributed by atoms with Gasteiger partial charge in [-0.15, -0.1) is 0 Å². The number of amides is 1. The van der Waals surface area contributed by atoms with Crippen LogP contribution in [0.2, 0.25) is 0 Å². The molecule has 1 saturated heterocycles. The molecule has 11 heteroatoms. The Balaban J connectivity index is 2.30. The molecule has 0 aliphatic carbocycles. The maximum Gasteiger partial charge on any atom is 0.249 e. The zero-order valence-electron chi connectivity index (χ0n) is 41.2. The summed E-state index contributed by atoms with van der Waals surface area (Å²) in [5, 5.41) is 75.7. The van der Waals surface area contributed by atoms with Gasteiger partial charge >= 0.3 is 0 Å². The van der Waals surface area contributed by atoms with Gasteiger partial charge < -0.3 is 50.5 Å². The Morgan fingerprint density at radius 2 is 0.985 bits per heavy atom. The van der Waals surface area contributed by atoms with Crippen LogP contribution in [0.1, 0.15) is 219 Å². The third-order valence-electron chi connectivity index (χ3n) is 12.7. The zero-order valence-corrected chi connectivity index (χ0v) is 41.2. The summed E-state index contributed by atoms with van der Waals surface area (Å²) in [6, 6.07) is -1.19. The molecule has 1 rings (SSSR count).